The highest BCUT2D eigenvalue weighted by Gasteiger charge is 2.31. The van der Waals surface area contributed by atoms with Gasteiger partial charge in [0.15, 0.2) is 18.1 Å². The Hall–Kier alpha value is -2.53. The molecule has 0 bridgehead atoms. The fourth-order valence-electron chi connectivity index (χ4n) is 2.88. The zero-order valence-electron chi connectivity index (χ0n) is 17.8. The van der Waals surface area contributed by atoms with Crippen molar-refractivity contribution in [3.05, 3.63) is 46.4 Å². The molecular formula is C21H22Cl2N2O7S. The summed E-state index contributed by atoms with van der Waals surface area (Å²) in [5.41, 5.74) is 0.366. The van der Waals surface area contributed by atoms with Crippen molar-refractivity contribution >= 4 is 50.8 Å². The standard InChI is InChI=1S/C21H22Cl2N2O7S/c1-12(2)20(21(27)32-11-19(26)24-13-3-5-15(22)16(23)9-13)25-33(28,29)14-4-6-17-18(10-14)31-8-7-30-17/h3-6,9-10,12,20,25H,7-8,11H2,1-2H3,(H,24,26)/t20-/m1/s1. The van der Waals surface area contributed by atoms with Gasteiger partial charge in [-0.1, -0.05) is 37.0 Å². The molecule has 0 fully saturated rings. The molecule has 3 rings (SSSR count). The Morgan fingerprint density at radius 2 is 1.73 bits per heavy atom. The molecule has 0 saturated carbocycles. The highest BCUT2D eigenvalue weighted by molar-refractivity contribution is 7.89. The molecule has 1 atom stereocenters. The molecule has 0 spiro atoms. The number of hydrogen-bond donors (Lipinski definition) is 2. The molecule has 178 valence electrons. The second-order valence-electron chi connectivity index (χ2n) is 7.43. The lowest BCUT2D eigenvalue weighted by Crippen LogP contribution is -2.45. The zero-order chi connectivity index (χ0) is 24.2. The van der Waals surface area contributed by atoms with E-state index in [1.165, 1.54) is 36.4 Å². The molecule has 0 unspecified atom stereocenters. The Morgan fingerprint density at radius 1 is 1.03 bits per heavy atom. The summed E-state index contributed by atoms with van der Waals surface area (Å²) in [6.07, 6.45) is 0. The maximum Gasteiger partial charge on any atom is 0.324 e. The zero-order valence-corrected chi connectivity index (χ0v) is 20.1. The minimum absolute atomic E-state index is 0.0949. The maximum absolute atomic E-state index is 12.9. The Kier molecular flexibility index (Phi) is 8.06. The first kappa shape index (κ1) is 25.1. The number of esters is 1. The number of amides is 1. The summed E-state index contributed by atoms with van der Waals surface area (Å²) in [5.74, 6) is -1.24. The van der Waals surface area contributed by atoms with Gasteiger partial charge in [-0.2, -0.15) is 4.72 Å². The van der Waals surface area contributed by atoms with Gasteiger partial charge in [-0.25, -0.2) is 8.42 Å². The smallest absolute Gasteiger partial charge is 0.324 e. The van der Waals surface area contributed by atoms with Crippen LogP contribution in [0.15, 0.2) is 41.3 Å². The number of halogens is 2. The van der Waals surface area contributed by atoms with E-state index in [0.717, 1.165) is 0 Å². The number of nitrogens with one attached hydrogen (secondary N) is 2. The van der Waals surface area contributed by atoms with Crippen molar-refractivity contribution in [3.8, 4) is 11.5 Å². The molecule has 33 heavy (non-hydrogen) atoms. The lowest BCUT2D eigenvalue weighted by molar-refractivity contribution is -0.150. The van der Waals surface area contributed by atoms with Crippen LogP contribution in [-0.4, -0.2) is 46.2 Å². The predicted octanol–water partition coefficient (Wildman–Crippen LogP) is 3.25. The van der Waals surface area contributed by atoms with Crippen LogP contribution in [-0.2, 0) is 24.3 Å². The third-order valence-electron chi connectivity index (χ3n) is 4.58. The summed E-state index contributed by atoms with van der Waals surface area (Å²) in [6, 6.07) is 7.43. The molecule has 0 aliphatic carbocycles. The number of anilines is 1. The van der Waals surface area contributed by atoms with E-state index < -0.39 is 40.5 Å². The van der Waals surface area contributed by atoms with E-state index in [4.69, 9.17) is 37.4 Å². The fourth-order valence-corrected chi connectivity index (χ4v) is 4.53. The number of carbonyl (C=O) groups excluding carboxylic acids is 2. The average molecular weight is 517 g/mol. The van der Waals surface area contributed by atoms with Crippen molar-refractivity contribution in [2.24, 2.45) is 5.92 Å². The normalized spacial score (nSPS) is 14.0. The van der Waals surface area contributed by atoms with Gasteiger partial charge in [0.05, 0.1) is 14.9 Å². The van der Waals surface area contributed by atoms with Gasteiger partial charge in [0.1, 0.15) is 19.3 Å². The number of carbonyl (C=O) groups is 2. The molecular weight excluding hydrogens is 495 g/mol. The topological polar surface area (TPSA) is 120 Å². The number of sulfonamides is 1. The molecule has 0 radical (unpaired) electrons. The fraction of sp³-hybridized carbons (Fsp3) is 0.333. The van der Waals surface area contributed by atoms with Crippen molar-refractivity contribution in [2.45, 2.75) is 24.8 Å². The van der Waals surface area contributed by atoms with Gasteiger partial charge in [0.25, 0.3) is 5.91 Å². The Morgan fingerprint density at radius 3 is 2.39 bits per heavy atom. The van der Waals surface area contributed by atoms with E-state index in [0.29, 0.717) is 35.4 Å². The van der Waals surface area contributed by atoms with Crippen LogP contribution in [0, 0.1) is 5.92 Å². The minimum Gasteiger partial charge on any atom is -0.486 e. The minimum atomic E-state index is -4.09. The predicted molar refractivity (Wildman–Crippen MR) is 122 cm³/mol. The van der Waals surface area contributed by atoms with Crippen molar-refractivity contribution in [2.75, 3.05) is 25.1 Å². The number of fused-ring (bicyclic) bond motifs is 1. The van der Waals surface area contributed by atoms with Crippen molar-refractivity contribution in [1.82, 2.24) is 4.72 Å². The summed E-state index contributed by atoms with van der Waals surface area (Å²) >= 11 is 11.7. The monoisotopic (exact) mass is 516 g/mol. The summed E-state index contributed by atoms with van der Waals surface area (Å²) < 4.78 is 43.9. The quantitative estimate of drug-likeness (QED) is 0.516. The first-order valence-corrected chi connectivity index (χ1v) is 12.1. The average Bonchev–Trinajstić information content (AvgIpc) is 2.78. The van der Waals surface area contributed by atoms with E-state index in [1.807, 2.05) is 0 Å². The van der Waals surface area contributed by atoms with Crippen molar-refractivity contribution in [3.63, 3.8) is 0 Å². The largest absolute Gasteiger partial charge is 0.486 e. The number of hydrogen-bond acceptors (Lipinski definition) is 7. The molecule has 1 amide bonds. The van der Waals surface area contributed by atoms with Crippen LogP contribution in [0.25, 0.3) is 0 Å². The van der Waals surface area contributed by atoms with Gasteiger partial charge in [-0.3, -0.25) is 9.59 Å². The highest BCUT2D eigenvalue weighted by Crippen LogP contribution is 2.32. The van der Waals surface area contributed by atoms with Gasteiger partial charge in [0.2, 0.25) is 10.0 Å². The van der Waals surface area contributed by atoms with E-state index in [2.05, 4.69) is 10.0 Å². The van der Waals surface area contributed by atoms with Crippen LogP contribution < -0.4 is 19.5 Å². The molecule has 12 heteroatoms. The van der Waals surface area contributed by atoms with Crippen LogP contribution in [0.2, 0.25) is 10.0 Å². The van der Waals surface area contributed by atoms with Gasteiger partial charge in [-0.15, -0.1) is 0 Å². The maximum atomic E-state index is 12.9. The second-order valence-corrected chi connectivity index (χ2v) is 9.96. The van der Waals surface area contributed by atoms with Crippen molar-refractivity contribution in [1.29, 1.82) is 0 Å². The second kappa shape index (κ2) is 10.6. The lowest BCUT2D eigenvalue weighted by atomic mass is 10.1. The molecule has 0 saturated heterocycles. The number of ether oxygens (including phenoxy) is 3. The molecule has 2 N–H and O–H groups in total. The SMILES string of the molecule is CC(C)[C@@H](NS(=O)(=O)c1ccc2c(c1)OCCO2)C(=O)OCC(=O)Nc1ccc(Cl)c(Cl)c1. The molecule has 1 aliphatic rings. The Bertz CT molecular complexity index is 1160. The van der Waals surface area contributed by atoms with Crippen LogP contribution in [0.5, 0.6) is 11.5 Å². The Labute approximate surface area is 201 Å². The third-order valence-corrected chi connectivity index (χ3v) is 6.75. The summed E-state index contributed by atoms with van der Waals surface area (Å²) in [4.78, 5) is 24.6. The van der Waals surface area contributed by atoms with E-state index in [-0.39, 0.29) is 9.92 Å². The summed E-state index contributed by atoms with van der Waals surface area (Å²) in [7, 11) is -4.09. The molecule has 1 aliphatic heterocycles. The lowest BCUT2D eigenvalue weighted by Gasteiger charge is -2.22. The molecule has 2 aromatic rings. The highest BCUT2D eigenvalue weighted by atomic mass is 35.5. The van der Waals surface area contributed by atoms with Gasteiger partial charge in [0, 0.05) is 11.8 Å². The van der Waals surface area contributed by atoms with E-state index >= 15 is 0 Å². The van der Waals surface area contributed by atoms with Crippen LogP contribution in [0.1, 0.15) is 13.8 Å². The van der Waals surface area contributed by atoms with Crippen molar-refractivity contribution < 1.29 is 32.2 Å². The van der Waals surface area contributed by atoms with Gasteiger partial charge >= 0.3 is 5.97 Å². The summed E-state index contributed by atoms with van der Waals surface area (Å²) in [5, 5.41) is 3.09. The first-order chi connectivity index (χ1) is 15.6. The van der Waals surface area contributed by atoms with Crippen LogP contribution in [0.4, 0.5) is 5.69 Å². The Balaban J connectivity index is 1.63. The van der Waals surface area contributed by atoms with Crippen LogP contribution in [0.3, 0.4) is 0 Å². The van der Waals surface area contributed by atoms with Gasteiger partial charge in [-0.05, 0) is 36.2 Å². The molecule has 0 aromatic heterocycles. The van der Waals surface area contributed by atoms with Gasteiger partial charge < -0.3 is 19.5 Å². The molecule has 9 nitrogen and oxygen atoms in total. The van der Waals surface area contributed by atoms with Crippen LogP contribution >= 0.6 is 23.2 Å². The summed E-state index contributed by atoms with van der Waals surface area (Å²) in [6.45, 7) is 3.35. The third kappa shape index (κ3) is 6.50. The number of rotatable bonds is 8. The molecule has 2 aromatic carbocycles. The van der Waals surface area contributed by atoms with E-state index in [1.54, 1.807) is 13.8 Å². The number of benzene rings is 2. The first-order valence-electron chi connectivity index (χ1n) is 9.90. The molecule has 1 heterocycles. The van der Waals surface area contributed by atoms with E-state index in [9.17, 15) is 18.0 Å².